The van der Waals surface area contributed by atoms with Crippen LogP contribution in [-0.4, -0.2) is 0 Å². The molecule has 6 aromatic carbocycles. The first-order valence-electron chi connectivity index (χ1n) is 12.2. The summed E-state index contributed by atoms with van der Waals surface area (Å²) in [5, 5.41) is 5.31. The molecule has 0 fully saturated rings. The third kappa shape index (κ3) is 3.46. The summed E-state index contributed by atoms with van der Waals surface area (Å²) >= 11 is 1.89. The number of hydrogen-bond acceptors (Lipinski definition) is 2. The molecule has 1 nitrogen and oxygen atoms in total. The number of hydrogen-bond donors (Lipinski definition) is 0. The fourth-order valence-electron chi connectivity index (χ4n) is 5.19. The van der Waals surface area contributed by atoms with E-state index in [4.69, 9.17) is 0 Å². The number of para-hydroxylation sites is 2. The van der Waals surface area contributed by atoms with Gasteiger partial charge < -0.3 is 4.90 Å². The van der Waals surface area contributed by atoms with E-state index in [-0.39, 0.29) is 0 Å². The molecule has 0 saturated heterocycles. The number of anilines is 3. The van der Waals surface area contributed by atoms with Gasteiger partial charge in [-0.1, -0.05) is 97.1 Å². The quantitative estimate of drug-likeness (QED) is 0.244. The zero-order chi connectivity index (χ0) is 23.9. The van der Waals surface area contributed by atoms with Gasteiger partial charge in [0, 0.05) is 37.2 Å². The normalized spacial score (nSPS) is 11.3. The van der Waals surface area contributed by atoms with Crippen molar-refractivity contribution in [2.24, 2.45) is 0 Å². The lowest BCUT2D eigenvalue weighted by Gasteiger charge is -2.25. The molecule has 7 rings (SSSR count). The van der Waals surface area contributed by atoms with Crippen molar-refractivity contribution in [1.29, 1.82) is 0 Å². The van der Waals surface area contributed by atoms with E-state index < -0.39 is 0 Å². The van der Waals surface area contributed by atoms with Gasteiger partial charge in [0.25, 0.3) is 0 Å². The van der Waals surface area contributed by atoms with Crippen molar-refractivity contribution in [1.82, 2.24) is 0 Å². The molecule has 0 saturated carbocycles. The Labute approximate surface area is 214 Å². The Morgan fingerprint density at radius 1 is 0.444 bits per heavy atom. The molecule has 0 amide bonds. The van der Waals surface area contributed by atoms with Crippen LogP contribution in [0.15, 0.2) is 140 Å². The molecule has 36 heavy (non-hydrogen) atoms. The lowest BCUT2D eigenvalue weighted by atomic mass is 9.98. The molecule has 0 spiro atoms. The van der Waals surface area contributed by atoms with Crippen LogP contribution >= 0.6 is 11.3 Å². The van der Waals surface area contributed by atoms with Crippen molar-refractivity contribution >= 4 is 59.3 Å². The first-order chi connectivity index (χ1) is 17.9. The predicted molar refractivity (Wildman–Crippen MR) is 157 cm³/mol. The van der Waals surface area contributed by atoms with E-state index in [1.807, 2.05) is 11.3 Å². The average molecular weight is 478 g/mol. The van der Waals surface area contributed by atoms with Crippen LogP contribution in [0.1, 0.15) is 0 Å². The largest absolute Gasteiger partial charge is 0.311 e. The minimum Gasteiger partial charge on any atom is -0.311 e. The highest BCUT2D eigenvalue weighted by Crippen LogP contribution is 2.43. The molecule has 0 unspecified atom stereocenters. The molecule has 1 aromatic heterocycles. The molecule has 170 valence electrons. The minimum absolute atomic E-state index is 1.14. The molecule has 2 heteroatoms. The summed E-state index contributed by atoms with van der Waals surface area (Å²) < 4.78 is 2.70. The van der Waals surface area contributed by atoms with E-state index in [0.29, 0.717) is 0 Å². The Morgan fingerprint density at radius 2 is 1.08 bits per heavy atom. The summed E-state index contributed by atoms with van der Waals surface area (Å²) in [6.45, 7) is 0. The van der Waals surface area contributed by atoms with Gasteiger partial charge in [-0.3, -0.25) is 0 Å². The van der Waals surface area contributed by atoms with Gasteiger partial charge >= 0.3 is 0 Å². The van der Waals surface area contributed by atoms with E-state index in [2.05, 4.69) is 144 Å². The van der Waals surface area contributed by atoms with Gasteiger partial charge in [-0.15, -0.1) is 11.3 Å². The van der Waals surface area contributed by atoms with Gasteiger partial charge in [-0.2, -0.15) is 0 Å². The summed E-state index contributed by atoms with van der Waals surface area (Å²) in [6, 6.07) is 50.0. The SMILES string of the molecule is c1ccc(N(c2ccccc2)c2ccc(-c3cccc4sc5c6ccccc6ccc5c34)cc2)cc1. The van der Waals surface area contributed by atoms with E-state index >= 15 is 0 Å². The Balaban J connectivity index is 1.37. The molecular weight excluding hydrogens is 454 g/mol. The van der Waals surface area contributed by atoms with Crippen LogP contribution in [0.25, 0.3) is 42.1 Å². The average Bonchev–Trinajstić information content (AvgIpc) is 3.34. The molecule has 0 aliphatic carbocycles. The summed E-state index contributed by atoms with van der Waals surface area (Å²) in [7, 11) is 0. The topological polar surface area (TPSA) is 3.24 Å². The highest BCUT2D eigenvalue weighted by Gasteiger charge is 2.15. The molecule has 0 atom stereocenters. The maximum absolute atomic E-state index is 2.30. The maximum Gasteiger partial charge on any atom is 0.0462 e. The van der Waals surface area contributed by atoms with Crippen LogP contribution in [0.3, 0.4) is 0 Å². The molecule has 0 aliphatic heterocycles. The number of rotatable bonds is 4. The summed E-state index contributed by atoms with van der Waals surface area (Å²) in [4.78, 5) is 2.30. The Morgan fingerprint density at radius 3 is 1.81 bits per heavy atom. The van der Waals surface area contributed by atoms with Gasteiger partial charge in [-0.25, -0.2) is 0 Å². The lowest BCUT2D eigenvalue weighted by molar-refractivity contribution is 1.28. The van der Waals surface area contributed by atoms with Crippen molar-refractivity contribution in [3.8, 4) is 11.1 Å². The van der Waals surface area contributed by atoms with Crippen LogP contribution < -0.4 is 4.90 Å². The second kappa shape index (κ2) is 8.67. The molecule has 0 radical (unpaired) electrons. The van der Waals surface area contributed by atoms with E-state index in [1.54, 1.807) is 0 Å². The van der Waals surface area contributed by atoms with Crippen molar-refractivity contribution in [2.45, 2.75) is 0 Å². The second-order valence-electron chi connectivity index (χ2n) is 9.00. The fraction of sp³-hybridized carbons (Fsp3) is 0. The number of thiophene rings is 1. The zero-order valence-corrected chi connectivity index (χ0v) is 20.5. The molecule has 0 bridgehead atoms. The van der Waals surface area contributed by atoms with Gasteiger partial charge in [-0.05, 0) is 64.4 Å². The third-order valence-corrected chi connectivity index (χ3v) is 8.06. The van der Waals surface area contributed by atoms with Crippen LogP contribution in [0.4, 0.5) is 17.1 Å². The third-order valence-electron chi connectivity index (χ3n) is 6.85. The monoisotopic (exact) mass is 477 g/mol. The second-order valence-corrected chi connectivity index (χ2v) is 10.0. The van der Waals surface area contributed by atoms with Crippen molar-refractivity contribution in [3.05, 3.63) is 140 Å². The van der Waals surface area contributed by atoms with Crippen molar-refractivity contribution in [2.75, 3.05) is 4.90 Å². The van der Waals surface area contributed by atoms with Crippen molar-refractivity contribution in [3.63, 3.8) is 0 Å². The number of nitrogens with zero attached hydrogens (tertiary/aromatic N) is 1. The fourth-order valence-corrected chi connectivity index (χ4v) is 6.45. The first-order valence-corrected chi connectivity index (χ1v) is 13.0. The number of benzene rings is 6. The van der Waals surface area contributed by atoms with Crippen LogP contribution in [0.2, 0.25) is 0 Å². The maximum atomic E-state index is 2.30. The Kier molecular flexibility index (Phi) is 5.04. The standard InChI is InChI=1S/C34H23NS/c1-3-11-26(12-4-1)35(27-13-5-2-6-14-27)28-21-18-25(19-22-28)29-16-9-17-32-33(29)31-23-20-24-10-7-8-15-30(24)34(31)36-32/h1-23H. The predicted octanol–water partition coefficient (Wildman–Crippen LogP) is 10.3. The number of fused-ring (bicyclic) bond motifs is 5. The minimum atomic E-state index is 1.14. The van der Waals surface area contributed by atoms with E-state index in [0.717, 1.165) is 17.1 Å². The Hall–Kier alpha value is -4.40. The van der Waals surface area contributed by atoms with Crippen LogP contribution in [0.5, 0.6) is 0 Å². The Bertz CT molecular complexity index is 1780. The van der Waals surface area contributed by atoms with Crippen LogP contribution in [0, 0.1) is 0 Å². The molecule has 1 heterocycles. The smallest absolute Gasteiger partial charge is 0.0462 e. The molecule has 0 aliphatic rings. The van der Waals surface area contributed by atoms with Gasteiger partial charge in [0.2, 0.25) is 0 Å². The molecule has 7 aromatic rings. The highest BCUT2D eigenvalue weighted by molar-refractivity contribution is 7.26. The van der Waals surface area contributed by atoms with E-state index in [9.17, 15) is 0 Å². The summed E-state index contributed by atoms with van der Waals surface area (Å²) in [6.07, 6.45) is 0. The molecule has 0 N–H and O–H groups in total. The lowest BCUT2D eigenvalue weighted by Crippen LogP contribution is -2.09. The van der Waals surface area contributed by atoms with Crippen LogP contribution in [-0.2, 0) is 0 Å². The van der Waals surface area contributed by atoms with Crippen molar-refractivity contribution < 1.29 is 0 Å². The van der Waals surface area contributed by atoms with Gasteiger partial charge in [0.15, 0.2) is 0 Å². The summed E-state index contributed by atoms with van der Waals surface area (Å²) in [5.74, 6) is 0. The summed E-state index contributed by atoms with van der Waals surface area (Å²) in [5.41, 5.74) is 5.96. The molecular formula is C34H23NS. The first kappa shape index (κ1) is 20.9. The zero-order valence-electron chi connectivity index (χ0n) is 19.6. The highest BCUT2D eigenvalue weighted by atomic mass is 32.1. The van der Waals surface area contributed by atoms with E-state index in [1.165, 1.54) is 42.1 Å². The van der Waals surface area contributed by atoms with Gasteiger partial charge in [0.1, 0.15) is 0 Å². The van der Waals surface area contributed by atoms with Gasteiger partial charge in [0.05, 0.1) is 0 Å².